The van der Waals surface area contributed by atoms with E-state index >= 15 is 0 Å². The maximum absolute atomic E-state index is 13.0. The standard InChI is InChI=1S/C12H10BrF3N4O/c1-5-9(17)10(20-19-5)18-11(21)7-3-2-6(13)4-8(7)12(14,15)16/h2-4H,17H2,1H3,(H2,18,19,20,21). The van der Waals surface area contributed by atoms with E-state index in [2.05, 4.69) is 31.4 Å². The van der Waals surface area contributed by atoms with Crippen molar-refractivity contribution in [3.8, 4) is 0 Å². The van der Waals surface area contributed by atoms with Gasteiger partial charge < -0.3 is 11.1 Å². The first-order valence-electron chi connectivity index (χ1n) is 5.68. The third kappa shape index (κ3) is 3.18. The van der Waals surface area contributed by atoms with Gasteiger partial charge in [-0.05, 0) is 25.1 Å². The van der Waals surface area contributed by atoms with Crippen molar-refractivity contribution in [3.05, 3.63) is 39.5 Å². The summed E-state index contributed by atoms with van der Waals surface area (Å²) in [6.07, 6.45) is -4.65. The van der Waals surface area contributed by atoms with Crippen LogP contribution in [-0.2, 0) is 6.18 Å². The number of aryl methyl sites for hydroxylation is 1. The second-order valence-corrected chi connectivity index (χ2v) is 5.17. The number of aromatic nitrogens is 2. The van der Waals surface area contributed by atoms with E-state index in [-0.39, 0.29) is 16.0 Å². The van der Waals surface area contributed by atoms with E-state index in [1.165, 1.54) is 6.07 Å². The maximum atomic E-state index is 13.0. The molecule has 4 N–H and O–H groups in total. The fourth-order valence-electron chi connectivity index (χ4n) is 1.66. The Kier molecular flexibility index (Phi) is 3.95. The van der Waals surface area contributed by atoms with Crippen molar-refractivity contribution >= 4 is 33.3 Å². The first-order valence-corrected chi connectivity index (χ1v) is 6.48. The third-order valence-electron chi connectivity index (χ3n) is 2.76. The van der Waals surface area contributed by atoms with Crippen LogP contribution in [0.25, 0.3) is 0 Å². The van der Waals surface area contributed by atoms with Crippen LogP contribution in [0.1, 0.15) is 21.6 Å². The second-order valence-electron chi connectivity index (χ2n) is 4.25. The summed E-state index contributed by atoms with van der Waals surface area (Å²) in [6, 6.07) is 3.27. The lowest BCUT2D eigenvalue weighted by Crippen LogP contribution is -2.19. The molecule has 1 amide bonds. The molecule has 0 spiro atoms. The molecule has 0 fully saturated rings. The van der Waals surface area contributed by atoms with Gasteiger partial charge in [-0.3, -0.25) is 9.89 Å². The second kappa shape index (κ2) is 5.40. The zero-order valence-corrected chi connectivity index (χ0v) is 12.3. The predicted octanol–water partition coefficient (Wildman–Crippen LogP) is 3.33. The summed E-state index contributed by atoms with van der Waals surface area (Å²) in [7, 11) is 0. The Morgan fingerprint density at radius 2 is 2.10 bits per heavy atom. The molecule has 0 aliphatic rings. The van der Waals surface area contributed by atoms with Gasteiger partial charge in [-0.25, -0.2) is 0 Å². The highest BCUT2D eigenvalue weighted by atomic mass is 79.9. The molecule has 1 aromatic heterocycles. The van der Waals surface area contributed by atoms with Gasteiger partial charge >= 0.3 is 6.18 Å². The van der Waals surface area contributed by atoms with Crippen molar-refractivity contribution in [2.75, 3.05) is 11.1 Å². The number of amides is 1. The predicted molar refractivity (Wildman–Crippen MR) is 74.8 cm³/mol. The summed E-state index contributed by atoms with van der Waals surface area (Å²) in [6.45, 7) is 1.62. The first kappa shape index (κ1) is 15.4. The molecule has 0 radical (unpaired) electrons. The zero-order valence-electron chi connectivity index (χ0n) is 10.7. The lowest BCUT2D eigenvalue weighted by atomic mass is 10.1. The van der Waals surface area contributed by atoms with Crippen LogP contribution in [0.4, 0.5) is 24.7 Å². The van der Waals surface area contributed by atoms with E-state index in [1.807, 2.05) is 0 Å². The number of nitrogens with zero attached hydrogens (tertiary/aromatic N) is 1. The van der Waals surface area contributed by atoms with Crippen LogP contribution in [0.2, 0.25) is 0 Å². The van der Waals surface area contributed by atoms with Crippen LogP contribution >= 0.6 is 15.9 Å². The number of rotatable bonds is 2. The number of nitrogens with two attached hydrogens (primary N) is 1. The van der Waals surface area contributed by atoms with E-state index in [4.69, 9.17) is 5.73 Å². The number of anilines is 2. The van der Waals surface area contributed by atoms with Crippen molar-refractivity contribution < 1.29 is 18.0 Å². The Balaban J connectivity index is 2.38. The minimum absolute atomic E-state index is 0.00598. The number of hydrogen-bond acceptors (Lipinski definition) is 3. The van der Waals surface area contributed by atoms with Crippen LogP contribution in [0.5, 0.6) is 0 Å². The molecule has 0 bridgehead atoms. The molecule has 112 valence electrons. The molecule has 0 saturated heterocycles. The van der Waals surface area contributed by atoms with Gasteiger partial charge in [-0.1, -0.05) is 15.9 Å². The van der Waals surface area contributed by atoms with Crippen LogP contribution in [0.15, 0.2) is 22.7 Å². The van der Waals surface area contributed by atoms with Gasteiger partial charge in [-0.2, -0.15) is 18.3 Å². The lowest BCUT2D eigenvalue weighted by molar-refractivity contribution is -0.137. The van der Waals surface area contributed by atoms with Crippen LogP contribution in [0, 0.1) is 6.92 Å². The molecule has 0 saturated carbocycles. The third-order valence-corrected chi connectivity index (χ3v) is 3.25. The van der Waals surface area contributed by atoms with Gasteiger partial charge in [0.2, 0.25) is 0 Å². The number of alkyl halides is 3. The molecule has 1 heterocycles. The Morgan fingerprint density at radius 3 is 2.62 bits per heavy atom. The molecule has 0 aliphatic carbocycles. The largest absolute Gasteiger partial charge is 0.417 e. The van der Waals surface area contributed by atoms with E-state index in [0.29, 0.717) is 5.69 Å². The highest BCUT2D eigenvalue weighted by Gasteiger charge is 2.35. The zero-order chi connectivity index (χ0) is 15.8. The number of aromatic amines is 1. The Hall–Kier alpha value is -2.03. The fourth-order valence-corrected chi connectivity index (χ4v) is 2.02. The number of carbonyl (C=O) groups is 1. The average molecular weight is 363 g/mol. The summed E-state index contributed by atoms with van der Waals surface area (Å²) in [5.74, 6) is -0.943. The van der Waals surface area contributed by atoms with Crippen molar-refractivity contribution in [2.45, 2.75) is 13.1 Å². The minimum Gasteiger partial charge on any atom is -0.394 e. The van der Waals surface area contributed by atoms with Gasteiger partial charge in [0.25, 0.3) is 5.91 Å². The van der Waals surface area contributed by atoms with Gasteiger partial charge in [0, 0.05) is 4.47 Å². The quantitative estimate of drug-likeness (QED) is 0.765. The molecular formula is C12H10BrF3N4O. The van der Waals surface area contributed by atoms with E-state index in [0.717, 1.165) is 12.1 Å². The normalized spacial score (nSPS) is 11.5. The number of nitrogens with one attached hydrogen (secondary N) is 2. The van der Waals surface area contributed by atoms with Crippen LogP contribution in [0.3, 0.4) is 0 Å². The molecule has 5 nitrogen and oxygen atoms in total. The molecular weight excluding hydrogens is 353 g/mol. The molecule has 2 rings (SSSR count). The summed E-state index contributed by atoms with van der Waals surface area (Å²) in [4.78, 5) is 12.0. The first-order chi connectivity index (χ1) is 9.70. The highest BCUT2D eigenvalue weighted by Crippen LogP contribution is 2.34. The monoisotopic (exact) mass is 362 g/mol. The van der Waals surface area contributed by atoms with Crippen LogP contribution < -0.4 is 11.1 Å². The molecule has 2 aromatic rings. The number of H-pyrrole nitrogens is 1. The SMILES string of the molecule is Cc1[nH]nc(NC(=O)c2ccc(Br)cc2C(F)(F)F)c1N. The number of halogens is 4. The number of nitrogen functional groups attached to an aromatic ring is 1. The summed E-state index contributed by atoms with van der Waals surface area (Å²) >= 11 is 2.95. The number of benzene rings is 1. The Labute approximate surface area is 125 Å². The topological polar surface area (TPSA) is 83.8 Å². The summed E-state index contributed by atoms with van der Waals surface area (Å²) in [5, 5.41) is 8.50. The van der Waals surface area contributed by atoms with Gasteiger partial charge in [0.05, 0.1) is 22.5 Å². The number of hydrogen-bond donors (Lipinski definition) is 3. The van der Waals surface area contributed by atoms with Crippen molar-refractivity contribution in [1.29, 1.82) is 0 Å². The smallest absolute Gasteiger partial charge is 0.394 e. The summed E-state index contributed by atoms with van der Waals surface area (Å²) in [5.41, 5.74) is 4.77. The fraction of sp³-hybridized carbons (Fsp3) is 0.167. The van der Waals surface area contributed by atoms with Crippen molar-refractivity contribution in [2.24, 2.45) is 0 Å². The van der Waals surface area contributed by atoms with Crippen molar-refractivity contribution in [1.82, 2.24) is 10.2 Å². The lowest BCUT2D eigenvalue weighted by Gasteiger charge is -2.12. The highest BCUT2D eigenvalue weighted by molar-refractivity contribution is 9.10. The molecule has 0 atom stereocenters. The van der Waals surface area contributed by atoms with Gasteiger partial charge in [0.1, 0.15) is 0 Å². The number of carbonyl (C=O) groups excluding carboxylic acids is 1. The average Bonchev–Trinajstić information content (AvgIpc) is 2.69. The van der Waals surface area contributed by atoms with Crippen LogP contribution in [-0.4, -0.2) is 16.1 Å². The van der Waals surface area contributed by atoms with E-state index in [9.17, 15) is 18.0 Å². The van der Waals surface area contributed by atoms with Gasteiger partial charge in [-0.15, -0.1) is 0 Å². The Morgan fingerprint density at radius 1 is 1.43 bits per heavy atom. The molecule has 1 aromatic carbocycles. The van der Waals surface area contributed by atoms with Gasteiger partial charge in [0.15, 0.2) is 5.82 Å². The Bertz CT molecular complexity index is 696. The molecule has 0 unspecified atom stereocenters. The molecule has 21 heavy (non-hydrogen) atoms. The maximum Gasteiger partial charge on any atom is 0.417 e. The van der Waals surface area contributed by atoms with E-state index < -0.39 is 23.2 Å². The molecule has 9 heteroatoms. The molecule has 0 aliphatic heterocycles. The van der Waals surface area contributed by atoms with E-state index in [1.54, 1.807) is 6.92 Å². The van der Waals surface area contributed by atoms with Crippen molar-refractivity contribution in [3.63, 3.8) is 0 Å². The summed E-state index contributed by atoms with van der Waals surface area (Å²) < 4.78 is 39.1. The minimum atomic E-state index is -4.65.